The summed E-state index contributed by atoms with van der Waals surface area (Å²) < 4.78 is 19.2. The molecule has 1 unspecified atom stereocenters. The van der Waals surface area contributed by atoms with Crippen molar-refractivity contribution in [3.8, 4) is 34.4 Å². The van der Waals surface area contributed by atoms with E-state index in [0.29, 0.717) is 35.4 Å². The first kappa shape index (κ1) is 20.6. The van der Waals surface area contributed by atoms with Gasteiger partial charge in [0.25, 0.3) is 0 Å². The van der Waals surface area contributed by atoms with Crippen LogP contribution in [0.3, 0.4) is 0 Å². The molecule has 1 N–H and O–H groups in total. The summed E-state index contributed by atoms with van der Waals surface area (Å²) in [5.74, 6) is 1.21. The van der Waals surface area contributed by atoms with Gasteiger partial charge in [0.1, 0.15) is 6.33 Å². The Kier molecular flexibility index (Phi) is 4.89. The van der Waals surface area contributed by atoms with Gasteiger partial charge in [-0.05, 0) is 49.7 Å². The van der Waals surface area contributed by atoms with Crippen molar-refractivity contribution in [3.05, 3.63) is 66.0 Å². The molecule has 9 heteroatoms. The predicted molar refractivity (Wildman–Crippen MR) is 126 cm³/mol. The number of pyridine rings is 1. The number of hydrogen-bond acceptors (Lipinski definition) is 6. The maximum atomic E-state index is 15.3. The summed E-state index contributed by atoms with van der Waals surface area (Å²) >= 11 is 0. The normalized spacial score (nSPS) is 16.5. The minimum Gasteiger partial charge on any atom is -0.354 e. The van der Waals surface area contributed by atoms with Crippen molar-refractivity contribution in [3.63, 3.8) is 0 Å². The minimum atomic E-state index is -0.326. The molecule has 34 heavy (non-hydrogen) atoms. The summed E-state index contributed by atoms with van der Waals surface area (Å²) in [6, 6.07) is 13.3. The molecule has 0 bridgehead atoms. The van der Waals surface area contributed by atoms with Crippen LogP contribution in [0.2, 0.25) is 0 Å². The van der Waals surface area contributed by atoms with Gasteiger partial charge < -0.3 is 14.8 Å². The number of hydrogen-bond donors (Lipinski definition) is 1. The van der Waals surface area contributed by atoms with Crippen LogP contribution in [0.5, 0.6) is 0 Å². The molecule has 0 amide bonds. The van der Waals surface area contributed by atoms with E-state index in [1.165, 1.54) is 0 Å². The fraction of sp³-hybridized carbons (Fsp3) is 0.280. The zero-order chi connectivity index (χ0) is 23.2. The van der Waals surface area contributed by atoms with Crippen LogP contribution in [0, 0.1) is 23.1 Å². The lowest BCUT2D eigenvalue weighted by Gasteiger charge is -2.20. The lowest BCUT2D eigenvalue weighted by Crippen LogP contribution is -2.26. The molecule has 170 valence electrons. The summed E-state index contributed by atoms with van der Waals surface area (Å²) in [5, 5.41) is 20.7. The second-order valence-electron chi connectivity index (χ2n) is 8.87. The third-order valence-corrected chi connectivity index (χ3v) is 6.69. The largest absolute Gasteiger partial charge is 0.354 e. The summed E-state index contributed by atoms with van der Waals surface area (Å²) in [5.41, 5.74) is 4.95. The standard InChI is InChI=1S/C25H23FN8/c1-28-11-17-6-7-32(12-17)24-20(26)9-22-21(30-24)14-33-13-19(18-4-2-16(10-27)3-5-18)8-23(33)25-31-29-15-34(22)25/h2-5,8-9,13,15,17,28H,6-7,11-12,14H2,1H3. The van der Waals surface area contributed by atoms with E-state index in [-0.39, 0.29) is 5.82 Å². The van der Waals surface area contributed by atoms with Crippen LogP contribution in [0.15, 0.2) is 48.9 Å². The summed E-state index contributed by atoms with van der Waals surface area (Å²) in [6.07, 6.45) is 4.68. The van der Waals surface area contributed by atoms with Gasteiger partial charge in [0, 0.05) is 30.9 Å². The zero-order valence-corrected chi connectivity index (χ0v) is 18.7. The molecule has 6 rings (SSSR count). The molecule has 3 aromatic heterocycles. The molecule has 0 radical (unpaired) electrons. The molecular formula is C25H23FN8. The van der Waals surface area contributed by atoms with Gasteiger partial charge in [0.2, 0.25) is 0 Å². The Balaban J connectivity index is 1.41. The number of anilines is 1. The van der Waals surface area contributed by atoms with Crippen LogP contribution in [0.4, 0.5) is 10.2 Å². The van der Waals surface area contributed by atoms with Crippen LogP contribution in [-0.4, -0.2) is 51.0 Å². The number of nitriles is 1. The number of rotatable bonds is 4. The predicted octanol–water partition coefficient (Wildman–Crippen LogP) is 3.22. The highest BCUT2D eigenvalue weighted by Crippen LogP contribution is 2.35. The summed E-state index contributed by atoms with van der Waals surface area (Å²) in [6.45, 7) is 2.99. The molecule has 0 spiro atoms. The van der Waals surface area contributed by atoms with E-state index < -0.39 is 0 Å². The Hall–Kier alpha value is -4.03. The van der Waals surface area contributed by atoms with Crippen LogP contribution in [-0.2, 0) is 6.54 Å². The molecule has 0 saturated carbocycles. The lowest BCUT2D eigenvalue weighted by atomic mass is 10.1. The first-order valence-corrected chi connectivity index (χ1v) is 11.3. The fourth-order valence-corrected chi connectivity index (χ4v) is 5.00. The Morgan fingerprint density at radius 2 is 2.06 bits per heavy atom. The van der Waals surface area contributed by atoms with E-state index in [2.05, 4.69) is 26.2 Å². The SMILES string of the molecule is CNCC1CCN(c2nc3c(cc2F)-n2cnnc2-c2cc(-c4ccc(C#N)cc4)cn2C3)C1. The molecule has 1 fully saturated rings. The van der Waals surface area contributed by atoms with Gasteiger partial charge in [0.15, 0.2) is 17.5 Å². The highest BCUT2D eigenvalue weighted by atomic mass is 19.1. The molecule has 2 aliphatic heterocycles. The second kappa shape index (κ2) is 8.08. The highest BCUT2D eigenvalue weighted by Gasteiger charge is 2.29. The molecule has 8 nitrogen and oxygen atoms in total. The van der Waals surface area contributed by atoms with Crippen molar-refractivity contribution in [2.45, 2.75) is 13.0 Å². The van der Waals surface area contributed by atoms with Crippen LogP contribution in [0.1, 0.15) is 17.7 Å². The van der Waals surface area contributed by atoms with Crippen molar-refractivity contribution >= 4 is 5.82 Å². The Bertz CT molecular complexity index is 1410. The molecular weight excluding hydrogens is 431 g/mol. The quantitative estimate of drug-likeness (QED) is 0.449. The zero-order valence-electron chi connectivity index (χ0n) is 18.7. The number of nitrogens with one attached hydrogen (secondary N) is 1. The maximum absolute atomic E-state index is 15.3. The number of halogens is 1. The Labute approximate surface area is 196 Å². The van der Waals surface area contributed by atoms with E-state index in [4.69, 9.17) is 10.2 Å². The van der Waals surface area contributed by atoms with Crippen LogP contribution < -0.4 is 10.2 Å². The van der Waals surface area contributed by atoms with E-state index in [9.17, 15) is 0 Å². The van der Waals surface area contributed by atoms with Gasteiger partial charge in [-0.1, -0.05) is 12.1 Å². The molecule has 5 heterocycles. The van der Waals surface area contributed by atoms with E-state index in [1.54, 1.807) is 12.4 Å². The van der Waals surface area contributed by atoms with Gasteiger partial charge in [0.05, 0.1) is 35.3 Å². The number of aromatic nitrogens is 5. The number of fused-ring (bicyclic) bond motifs is 5. The van der Waals surface area contributed by atoms with Gasteiger partial charge in [-0.2, -0.15) is 5.26 Å². The summed E-state index contributed by atoms with van der Waals surface area (Å²) in [4.78, 5) is 6.88. The van der Waals surface area contributed by atoms with Crippen LogP contribution >= 0.6 is 0 Å². The fourth-order valence-electron chi connectivity index (χ4n) is 5.00. The Morgan fingerprint density at radius 1 is 1.21 bits per heavy atom. The molecule has 2 aliphatic rings. The lowest BCUT2D eigenvalue weighted by molar-refractivity contribution is 0.547. The van der Waals surface area contributed by atoms with E-state index >= 15 is 4.39 Å². The van der Waals surface area contributed by atoms with E-state index in [1.807, 2.05) is 53.0 Å². The highest BCUT2D eigenvalue weighted by molar-refractivity contribution is 5.72. The van der Waals surface area contributed by atoms with Gasteiger partial charge >= 0.3 is 0 Å². The monoisotopic (exact) mass is 454 g/mol. The molecule has 4 aromatic rings. The number of nitrogens with zero attached hydrogens (tertiary/aromatic N) is 7. The first-order chi connectivity index (χ1) is 16.6. The van der Waals surface area contributed by atoms with Gasteiger partial charge in [-0.15, -0.1) is 10.2 Å². The van der Waals surface area contributed by atoms with Crippen molar-refractivity contribution in [1.82, 2.24) is 29.6 Å². The van der Waals surface area contributed by atoms with E-state index in [0.717, 1.165) is 48.6 Å². The van der Waals surface area contributed by atoms with Crippen molar-refractivity contribution in [2.75, 3.05) is 31.6 Å². The van der Waals surface area contributed by atoms with Crippen molar-refractivity contribution in [1.29, 1.82) is 5.26 Å². The second-order valence-corrected chi connectivity index (χ2v) is 8.87. The first-order valence-electron chi connectivity index (χ1n) is 11.3. The third kappa shape index (κ3) is 3.35. The topological polar surface area (TPSA) is 87.6 Å². The van der Waals surface area contributed by atoms with Crippen LogP contribution in [0.25, 0.3) is 28.3 Å². The third-order valence-electron chi connectivity index (χ3n) is 6.69. The van der Waals surface area contributed by atoms with Gasteiger partial charge in [-0.3, -0.25) is 4.57 Å². The average molecular weight is 455 g/mol. The average Bonchev–Trinajstić information content (AvgIpc) is 3.59. The smallest absolute Gasteiger partial charge is 0.185 e. The number of benzene rings is 1. The molecule has 1 saturated heterocycles. The molecule has 1 aromatic carbocycles. The Morgan fingerprint density at radius 3 is 2.85 bits per heavy atom. The molecule has 0 aliphatic carbocycles. The summed E-state index contributed by atoms with van der Waals surface area (Å²) in [7, 11) is 1.95. The molecule has 1 atom stereocenters. The minimum absolute atomic E-state index is 0.326. The van der Waals surface area contributed by atoms with Crippen molar-refractivity contribution in [2.24, 2.45) is 5.92 Å². The maximum Gasteiger partial charge on any atom is 0.185 e. The van der Waals surface area contributed by atoms with Gasteiger partial charge in [-0.25, -0.2) is 9.37 Å². The van der Waals surface area contributed by atoms with Crippen molar-refractivity contribution < 1.29 is 4.39 Å².